The summed E-state index contributed by atoms with van der Waals surface area (Å²) in [6.45, 7) is 5.55. The van der Waals surface area contributed by atoms with Crippen molar-refractivity contribution in [2.75, 3.05) is 0 Å². The number of nitrogens with one attached hydrogen (secondary N) is 1. The minimum atomic E-state index is -0.571. The number of fused-ring (bicyclic) bond motifs is 1. The standard InChI is InChI=1S/C23H24N4O3/c1-13(2)29-21-10-7-15(11-16(21)12-24)23-26-22(27-30-23)19-6-4-5-18-17(19)8-9-20(18)25-14(3)28/h4-7,10-11,13-14,20,25,28H,8-9H2,1-3H3. The minimum absolute atomic E-state index is 0.0229. The Bertz CT molecular complexity index is 1100. The van der Waals surface area contributed by atoms with Gasteiger partial charge in [0.1, 0.15) is 18.0 Å². The third kappa shape index (κ3) is 3.92. The highest BCUT2D eigenvalue weighted by molar-refractivity contribution is 5.67. The van der Waals surface area contributed by atoms with Gasteiger partial charge in [-0.15, -0.1) is 0 Å². The molecule has 0 bridgehead atoms. The molecule has 1 aromatic heterocycles. The lowest BCUT2D eigenvalue weighted by atomic mass is 10.0. The molecule has 0 saturated carbocycles. The topological polar surface area (TPSA) is 104 Å². The van der Waals surface area contributed by atoms with Crippen LogP contribution in [0.5, 0.6) is 5.75 Å². The number of aliphatic hydroxyl groups is 1. The summed E-state index contributed by atoms with van der Waals surface area (Å²) in [5.74, 6) is 1.40. The van der Waals surface area contributed by atoms with E-state index in [4.69, 9.17) is 9.26 Å². The summed E-state index contributed by atoms with van der Waals surface area (Å²) in [6.07, 6.45) is 1.19. The molecular weight excluding hydrogens is 380 g/mol. The molecule has 3 aromatic rings. The van der Waals surface area contributed by atoms with Crippen molar-refractivity contribution in [3.05, 3.63) is 53.1 Å². The Morgan fingerprint density at radius 3 is 2.83 bits per heavy atom. The first kappa shape index (κ1) is 20.1. The van der Waals surface area contributed by atoms with E-state index in [1.807, 2.05) is 32.0 Å². The van der Waals surface area contributed by atoms with Crippen molar-refractivity contribution < 1.29 is 14.4 Å². The number of benzene rings is 2. The summed E-state index contributed by atoms with van der Waals surface area (Å²) in [5.41, 5.74) is 4.34. The molecule has 1 aliphatic carbocycles. The van der Waals surface area contributed by atoms with Crippen LogP contribution in [0, 0.1) is 11.3 Å². The number of nitrogens with zero attached hydrogens (tertiary/aromatic N) is 3. The average molecular weight is 404 g/mol. The van der Waals surface area contributed by atoms with Gasteiger partial charge >= 0.3 is 0 Å². The van der Waals surface area contributed by atoms with E-state index < -0.39 is 6.23 Å². The second-order valence-electron chi connectivity index (χ2n) is 7.72. The van der Waals surface area contributed by atoms with E-state index in [2.05, 4.69) is 27.6 Å². The van der Waals surface area contributed by atoms with E-state index in [9.17, 15) is 10.4 Å². The van der Waals surface area contributed by atoms with Crippen LogP contribution < -0.4 is 10.1 Å². The van der Waals surface area contributed by atoms with Crippen LogP contribution in [0.1, 0.15) is 49.9 Å². The third-order valence-corrected chi connectivity index (χ3v) is 5.09. The molecule has 0 aliphatic heterocycles. The van der Waals surface area contributed by atoms with Crippen LogP contribution in [-0.2, 0) is 6.42 Å². The predicted octanol–water partition coefficient (Wildman–Crippen LogP) is 3.98. The highest BCUT2D eigenvalue weighted by Crippen LogP contribution is 2.37. The zero-order chi connectivity index (χ0) is 21.3. The Hall–Kier alpha value is -3.21. The summed E-state index contributed by atoms with van der Waals surface area (Å²) in [5, 5.41) is 26.5. The predicted molar refractivity (Wildman–Crippen MR) is 112 cm³/mol. The fourth-order valence-corrected chi connectivity index (χ4v) is 3.89. The van der Waals surface area contributed by atoms with Crippen molar-refractivity contribution in [3.8, 4) is 34.7 Å². The zero-order valence-corrected chi connectivity index (χ0v) is 17.2. The normalized spacial score (nSPS) is 16.3. The van der Waals surface area contributed by atoms with Gasteiger partial charge in [0.05, 0.1) is 11.7 Å². The fraction of sp³-hybridized carbons (Fsp3) is 0.348. The van der Waals surface area contributed by atoms with Gasteiger partial charge in [-0.1, -0.05) is 23.4 Å². The lowest BCUT2D eigenvalue weighted by molar-refractivity contribution is 0.140. The molecule has 0 radical (unpaired) electrons. The summed E-state index contributed by atoms with van der Waals surface area (Å²) in [7, 11) is 0. The highest BCUT2D eigenvalue weighted by Gasteiger charge is 2.27. The van der Waals surface area contributed by atoms with Crippen molar-refractivity contribution in [3.63, 3.8) is 0 Å². The SMILES string of the molecule is CC(O)NC1CCc2c(-c3noc(-c4ccc(OC(C)C)c(C#N)c4)n3)cccc21. The second-order valence-corrected chi connectivity index (χ2v) is 7.72. The number of aliphatic hydroxyl groups excluding tert-OH is 1. The molecule has 7 heteroatoms. The van der Waals surface area contributed by atoms with Crippen LogP contribution in [0.15, 0.2) is 40.9 Å². The summed E-state index contributed by atoms with van der Waals surface area (Å²) >= 11 is 0. The molecule has 7 nitrogen and oxygen atoms in total. The lowest BCUT2D eigenvalue weighted by Crippen LogP contribution is -2.28. The van der Waals surface area contributed by atoms with Crippen LogP contribution in [0.2, 0.25) is 0 Å². The smallest absolute Gasteiger partial charge is 0.258 e. The molecule has 1 heterocycles. The summed E-state index contributed by atoms with van der Waals surface area (Å²) < 4.78 is 11.2. The monoisotopic (exact) mass is 404 g/mol. The van der Waals surface area contributed by atoms with E-state index in [0.717, 1.165) is 24.0 Å². The van der Waals surface area contributed by atoms with E-state index >= 15 is 0 Å². The van der Waals surface area contributed by atoms with E-state index in [1.165, 1.54) is 5.56 Å². The van der Waals surface area contributed by atoms with Crippen molar-refractivity contribution in [2.24, 2.45) is 0 Å². The number of hydrogen-bond acceptors (Lipinski definition) is 7. The number of nitriles is 1. The molecule has 0 fully saturated rings. The van der Waals surface area contributed by atoms with Gasteiger partial charge < -0.3 is 14.4 Å². The Morgan fingerprint density at radius 1 is 1.27 bits per heavy atom. The van der Waals surface area contributed by atoms with Gasteiger partial charge in [-0.2, -0.15) is 10.2 Å². The van der Waals surface area contributed by atoms with Crippen molar-refractivity contribution >= 4 is 0 Å². The third-order valence-electron chi connectivity index (χ3n) is 5.09. The van der Waals surface area contributed by atoms with Gasteiger partial charge in [0.15, 0.2) is 0 Å². The Balaban J connectivity index is 1.65. The molecule has 2 unspecified atom stereocenters. The van der Waals surface area contributed by atoms with Crippen LogP contribution in [-0.4, -0.2) is 27.6 Å². The van der Waals surface area contributed by atoms with Crippen molar-refractivity contribution in [1.29, 1.82) is 5.26 Å². The first-order valence-electron chi connectivity index (χ1n) is 10.1. The van der Waals surface area contributed by atoms with E-state index in [1.54, 1.807) is 19.1 Å². The largest absolute Gasteiger partial charge is 0.490 e. The molecule has 4 rings (SSSR count). The van der Waals surface area contributed by atoms with E-state index in [0.29, 0.717) is 28.6 Å². The lowest BCUT2D eigenvalue weighted by Gasteiger charge is -2.16. The van der Waals surface area contributed by atoms with Gasteiger partial charge in [0, 0.05) is 17.2 Å². The molecule has 30 heavy (non-hydrogen) atoms. The molecule has 154 valence electrons. The Kier molecular flexibility index (Phi) is 5.53. The van der Waals surface area contributed by atoms with Crippen molar-refractivity contribution in [2.45, 2.75) is 52.0 Å². The van der Waals surface area contributed by atoms with Gasteiger partial charge in [-0.3, -0.25) is 5.32 Å². The number of rotatable bonds is 6. The summed E-state index contributed by atoms with van der Waals surface area (Å²) in [6, 6.07) is 13.6. The number of hydrogen-bond donors (Lipinski definition) is 2. The molecule has 2 atom stereocenters. The Morgan fingerprint density at radius 2 is 2.10 bits per heavy atom. The van der Waals surface area contributed by atoms with Gasteiger partial charge in [0.2, 0.25) is 5.82 Å². The van der Waals surface area contributed by atoms with E-state index in [-0.39, 0.29) is 12.1 Å². The fourth-order valence-electron chi connectivity index (χ4n) is 3.89. The Labute approximate surface area is 175 Å². The molecule has 1 aliphatic rings. The van der Waals surface area contributed by atoms with Gasteiger partial charge in [-0.05, 0) is 62.9 Å². The first-order valence-corrected chi connectivity index (χ1v) is 10.1. The van der Waals surface area contributed by atoms with Crippen LogP contribution in [0.25, 0.3) is 22.8 Å². The van der Waals surface area contributed by atoms with Gasteiger partial charge in [0.25, 0.3) is 5.89 Å². The number of ether oxygens (including phenoxy) is 1. The average Bonchev–Trinajstić information content (AvgIpc) is 3.35. The van der Waals surface area contributed by atoms with Crippen molar-refractivity contribution in [1.82, 2.24) is 15.5 Å². The molecule has 0 spiro atoms. The maximum absolute atomic E-state index is 9.68. The van der Waals surface area contributed by atoms with Gasteiger partial charge in [-0.25, -0.2) is 0 Å². The maximum Gasteiger partial charge on any atom is 0.258 e. The highest BCUT2D eigenvalue weighted by atomic mass is 16.5. The molecule has 0 amide bonds. The minimum Gasteiger partial charge on any atom is -0.490 e. The quantitative estimate of drug-likeness (QED) is 0.599. The van der Waals surface area contributed by atoms with Crippen LogP contribution in [0.4, 0.5) is 0 Å². The molecule has 2 aromatic carbocycles. The molecule has 2 N–H and O–H groups in total. The number of aromatic nitrogens is 2. The second kappa shape index (κ2) is 8.27. The maximum atomic E-state index is 9.68. The zero-order valence-electron chi connectivity index (χ0n) is 17.2. The molecular formula is C23H24N4O3. The first-order chi connectivity index (χ1) is 14.5. The summed E-state index contributed by atoms with van der Waals surface area (Å²) in [4.78, 5) is 4.58. The van der Waals surface area contributed by atoms with Crippen LogP contribution in [0.3, 0.4) is 0 Å². The molecule has 0 saturated heterocycles. The van der Waals surface area contributed by atoms with Crippen LogP contribution >= 0.6 is 0 Å².